The lowest BCUT2D eigenvalue weighted by molar-refractivity contribution is -0.147. The SMILES string of the molecule is COc1ccc(C(C(=O)N(C(CC(C)C)C(=O)Nc2c(C)cccc2C)C(C)c2cccc(OC)c2)N2CCc3ccccc3C2)cc1. The maximum atomic E-state index is 15.5. The quantitative estimate of drug-likeness (QED) is 0.168. The Balaban J connectivity index is 1.64. The molecule has 4 aromatic carbocycles. The van der Waals surface area contributed by atoms with Crippen LogP contribution < -0.4 is 14.8 Å². The molecule has 1 aliphatic rings. The number of hydrogen-bond acceptors (Lipinski definition) is 5. The van der Waals surface area contributed by atoms with E-state index in [0.29, 0.717) is 25.3 Å². The Morgan fingerprint density at radius 1 is 0.792 bits per heavy atom. The molecule has 0 saturated heterocycles. The van der Waals surface area contributed by atoms with Gasteiger partial charge in [-0.05, 0) is 97.2 Å². The Hall–Kier alpha value is -4.62. The third-order valence-electron chi connectivity index (χ3n) is 9.50. The first-order chi connectivity index (χ1) is 23.1. The molecule has 7 heteroatoms. The van der Waals surface area contributed by atoms with Crippen molar-refractivity contribution in [3.05, 3.63) is 124 Å². The Labute approximate surface area is 285 Å². The number of nitrogens with zero attached hydrogens (tertiary/aromatic N) is 2. The van der Waals surface area contributed by atoms with Crippen molar-refractivity contribution in [1.29, 1.82) is 0 Å². The minimum atomic E-state index is -0.740. The number of carbonyl (C=O) groups is 2. The van der Waals surface area contributed by atoms with Crippen molar-refractivity contribution in [2.45, 2.75) is 72.1 Å². The van der Waals surface area contributed by atoms with Crippen LogP contribution in [-0.2, 0) is 22.6 Å². The van der Waals surface area contributed by atoms with E-state index in [4.69, 9.17) is 9.47 Å². The summed E-state index contributed by atoms with van der Waals surface area (Å²) in [6.07, 6.45) is 1.33. The summed E-state index contributed by atoms with van der Waals surface area (Å²) in [6, 6.07) is 28.2. The van der Waals surface area contributed by atoms with Gasteiger partial charge in [0.1, 0.15) is 23.6 Å². The summed E-state index contributed by atoms with van der Waals surface area (Å²) in [5, 5.41) is 3.25. The number of para-hydroxylation sites is 1. The van der Waals surface area contributed by atoms with Crippen molar-refractivity contribution in [2.24, 2.45) is 5.92 Å². The van der Waals surface area contributed by atoms with E-state index >= 15 is 4.79 Å². The maximum Gasteiger partial charge on any atom is 0.247 e. The minimum Gasteiger partial charge on any atom is -0.497 e. The largest absolute Gasteiger partial charge is 0.497 e. The van der Waals surface area contributed by atoms with Crippen LogP contribution in [0.5, 0.6) is 11.5 Å². The number of aryl methyl sites for hydroxylation is 2. The van der Waals surface area contributed by atoms with E-state index in [9.17, 15) is 4.79 Å². The van der Waals surface area contributed by atoms with Crippen molar-refractivity contribution >= 4 is 17.5 Å². The van der Waals surface area contributed by atoms with Gasteiger partial charge in [-0.1, -0.05) is 80.6 Å². The molecule has 7 nitrogen and oxygen atoms in total. The van der Waals surface area contributed by atoms with Crippen LogP contribution in [0.2, 0.25) is 0 Å². The van der Waals surface area contributed by atoms with Gasteiger partial charge in [-0.25, -0.2) is 0 Å². The van der Waals surface area contributed by atoms with Gasteiger partial charge >= 0.3 is 0 Å². The van der Waals surface area contributed by atoms with Gasteiger partial charge in [-0.2, -0.15) is 0 Å². The van der Waals surface area contributed by atoms with E-state index in [1.807, 2.05) is 92.4 Å². The molecule has 3 unspecified atom stereocenters. The Kier molecular flexibility index (Phi) is 11.2. The molecule has 1 heterocycles. The van der Waals surface area contributed by atoms with Gasteiger partial charge in [0.25, 0.3) is 0 Å². The van der Waals surface area contributed by atoms with E-state index < -0.39 is 18.1 Å². The predicted molar refractivity (Wildman–Crippen MR) is 192 cm³/mol. The van der Waals surface area contributed by atoms with Crippen LogP contribution in [0.4, 0.5) is 5.69 Å². The van der Waals surface area contributed by atoms with Crippen molar-refractivity contribution in [3.63, 3.8) is 0 Å². The molecule has 0 spiro atoms. The fourth-order valence-corrected chi connectivity index (χ4v) is 6.86. The van der Waals surface area contributed by atoms with Gasteiger partial charge in [0.2, 0.25) is 11.8 Å². The van der Waals surface area contributed by atoms with Gasteiger partial charge in [0.15, 0.2) is 0 Å². The fourth-order valence-electron chi connectivity index (χ4n) is 6.86. The highest BCUT2D eigenvalue weighted by molar-refractivity contribution is 5.99. The molecule has 0 saturated carbocycles. The van der Waals surface area contributed by atoms with Crippen molar-refractivity contribution < 1.29 is 19.1 Å². The first kappa shape index (κ1) is 34.7. The van der Waals surface area contributed by atoms with Crippen molar-refractivity contribution in [2.75, 3.05) is 26.1 Å². The smallest absolute Gasteiger partial charge is 0.247 e. The lowest BCUT2D eigenvalue weighted by Crippen LogP contribution is -2.53. The highest BCUT2D eigenvalue weighted by atomic mass is 16.5. The first-order valence-corrected chi connectivity index (χ1v) is 16.9. The molecule has 48 heavy (non-hydrogen) atoms. The number of ether oxygens (including phenoxy) is 2. The number of carbonyl (C=O) groups excluding carboxylic acids is 2. The van der Waals surface area contributed by atoms with Crippen LogP contribution >= 0.6 is 0 Å². The zero-order valence-electron chi connectivity index (χ0n) is 29.3. The highest BCUT2D eigenvalue weighted by Gasteiger charge is 2.41. The lowest BCUT2D eigenvalue weighted by Gasteiger charge is -2.43. The van der Waals surface area contributed by atoms with E-state index in [0.717, 1.165) is 40.1 Å². The second-order valence-electron chi connectivity index (χ2n) is 13.3. The van der Waals surface area contributed by atoms with Crippen LogP contribution in [0.15, 0.2) is 91.0 Å². The van der Waals surface area contributed by atoms with Gasteiger partial charge in [0, 0.05) is 18.8 Å². The summed E-state index contributed by atoms with van der Waals surface area (Å²) in [6.45, 7) is 11.5. The van der Waals surface area contributed by atoms with E-state index in [-0.39, 0.29) is 17.7 Å². The number of anilines is 1. The number of rotatable bonds is 12. The Morgan fingerprint density at radius 2 is 1.44 bits per heavy atom. The topological polar surface area (TPSA) is 71.1 Å². The van der Waals surface area contributed by atoms with Crippen LogP contribution in [0.25, 0.3) is 0 Å². The zero-order valence-corrected chi connectivity index (χ0v) is 29.3. The predicted octanol–water partition coefficient (Wildman–Crippen LogP) is 8.06. The van der Waals surface area contributed by atoms with Crippen molar-refractivity contribution in [1.82, 2.24) is 9.80 Å². The molecular weight excluding hydrogens is 598 g/mol. The van der Waals surface area contributed by atoms with Crippen LogP contribution in [0.1, 0.15) is 72.7 Å². The lowest BCUT2D eigenvalue weighted by atomic mass is 9.92. The molecule has 2 amide bonds. The molecule has 0 fully saturated rings. The maximum absolute atomic E-state index is 15.5. The van der Waals surface area contributed by atoms with Crippen LogP contribution in [0, 0.1) is 19.8 Å². The molecule has 252 valence electrons. The third-order valence-corrected chi connectivity index (χ3v) is 9.50. The number of hydrogen-bond donors (Lipinski definition) is 1. The fraction of sp³-hybridized carbons (Fsp3) is 0.366. The van der Waals surface area contributed by atoms with E-state index in [1.165, 1.54) is 11.1 Å². The second-order valence-corrected chi connectivity index (χ2v) is 13.3. The molecule has 0 aromatic heterocycles. The van der Waals surface area contributed by atoms with Gasteiger partial charge in [-0.3, -0.25) is 14.5 Å². The van der Waals surface area contributed by atoms with Gasteiger partial charge in [-0.15, -0.1) is 0 Å². The monoisotopic (exact) mass is 647 g/mol. The van der Waals surface area contributed by atoms with E-state index in [1.54, 1.807) is 14.2 Å². The Morgan fingerprint density at radius 3 is 2.08 bits per heavy atom. The summed E-state index contributed by atoms with van der Waals surface area (Å²) in [5.41, 5.74) is 7.03. The van der Waals surface area contributed by atoms with Gasteiger partial charge < -0.3 is 19.7 Å². The average molecular weight is 648 g/mol. The molecule has 1 aliphatic heterocycles. The minimum absolute atomic E-state index is 0.114. The summed E-state index contributed by atoms with van der Waals surface area (Å²) in [5.74, 6) is 1.26. The molecular formula is C41H49N3O4. The summed E-state index contributed by atoms with van der Waals surface area (Å²) in [4.78, 5) is 34.2. The second kappa shape index (κ2) is 15.5. The molecule has 3 atom stereocenters. The molecule has 0 aliphatic carbocycles. The number of methoxy groups -OCH3 is 2. The summed E-state index contributed by atoms with van der Waals surface area (Å²) < 4.78 is 11.1. The third kappa shape index (κ3) is 7.74. The standard InChI is InChI=1S/C41H49N3O4/c1-27(2)24-37(40(45)42-38-28(3)12-10-13-29(38)4)44(30(5)33-16-11-17-36(25-33)48-7)41(46)39(32-18-20-35(47-6)21-19-32)43-23-22-31-14-8-9-15-34(31)26-43/h8-21,25,27,30,37,39H,22-24,26H2,1-7H3,(H,42,45). The summed E-state index contributed by atoms with van der Waals surface area (Å²) in [7, 11) is 3.28. The molecule has 0 radical (unpaired) electrons. The van der Waals surface area contributed by atoms with Crippen LogP contribution in [0.3, 0.4) is 0 Å². The number of amides is 2. The molecule has 5 rings (SSSR count). The first-order valence-electron chi connectivity index (χ1n) is 16.9. The highest BCUT2D eigenvalue weighted by Crippen LogP contribution is 2.36. The molecule has 4 aromatic rings. The zero-order chi connectivity index (χ0) is 34.4. The van der Waals surface area contributed by atoms with Gasteiger partial charge in [0.05, 0.1) is 20.3 Å². The number of nitrogens with one attached hydrogen (secondary N) is 1. The van der Waals surface area contributed by atoms with E-state index in [2.05, 4.69) is 48.3 Å². The number of benzene rings is 4. The number of fused-ring (bicyclic) bond motifs is 1. The Bertz CT molecular complexity index is 1700. The molecule has 1 N–H and O–H groups in total. The molecule has 0 bridgehead atoms. The average Bonchev–Trinajstić information content (AvgIpc) is 3.09. The normalized spacial score (nSPS) is 14.8. The summed E-state index contributed by atoms with van der Waals surface area (Å²) >= 11 is 0. The van der Waals surface area contributed by atoms with Crippen LogP contribution in [-0.4, -0.2) is 48.4 Å². The van der Waals surface area contributed by atoms with Crippen molar-refractivity contribution in [3.8, 4) is 11.5 Å².